The number of nitrogens with two attached hydrogens (primary N) is 1. The Balaban J connectivity index is 2.22. The van der Waals surface area contributed by atoms with Crippen LogP contribution in [-0.2, 0) is 6.42 Å². The highest BCUT2D eigenvalue weighted by atomic mass is 16.5. The number of hydrogen-bond acceptors (Lipinski definition) is 5. The van der Waals surface area contributed by atoms with Crippen LogP contribution in [0.25, 0.3) is 12.2 Å². The van der Waals surface area contributed by atoms with Gasteiger partial charge in [0.1, 0.15) is 5.75 Å². The molecule has 6 heteroatoms. The van der Waals surface area contributed by atoms with Gasteiger partial charge < -0.3 is 20.6 Å². The van der Waals surface area contributed by atoms with Crippen molar-refractivity contribution >= 4 is 24.1 Å². The van der Waals surface area contributed by atoms with Crippen LogP contribution in [0.2, 0.25) is 0 Å². The van der Waals surface area contributed by atoms with Gasteiger partial charge >= 0.3 is 0 Å². The third kappa shape index (κ3) is 4.43. The first-order chi connectivity index (χ1) is 15.0. The number of aliphatic imine (C=N–C) groups is 2. The van der Waals surface area contributed by atoms with Crippen molar-refractivity contribution in [1.29, 1.82) is 0 Å². The monoisotopic (exact) mass is 420 g/mol. The van der Waals surface area contributed by atoms with Crippen molar-refractivity contribution in [2.45, 2.75) is 39.5 Å². The Morgan fingerprint density at radius 1 is 1.29 bits per heavy atom. The first-order valence-corrected chi connectivity index (χ1v) is 10.7. The van der Waals surface area contributed by atoms with Crippen molar-refractivity contribution in [3.63, 3.8) is 0 Å². The molecule has 0 saturated carbocycles. The van der Waals surface area contributed by atoms with Crippen LogP contribution in [0.1, 0.15) is 49.8 Å². The van der Waals surface area contributed by atoms with Gasteiger partial charge in [-0.15, -0.1) is 0 Å². The van der Waals surface area contributed by atoms with Crippen LogP contribution in [0.4, 0.5) is 0 Å². The number of aryl methyl sites for hydroxylation is 1. The maximum atomic E-state index is 10.7. The summed E-state index contributed by atoms with van der Waals surface area (Å²) in [5, 5.41) is 12.6. The minimum Gasteiger partial charge on any atom is -0.496 e. The Morgan fingerprint density at radius 2 is 2.06 bits per heavy atom. The molecule has 3 rings (SSSR count). The second kappa shape index (κ2) is 9.69. The molecule has 0 radical (unpaired) electrons. The van der Waals surface area contributed by atoms with Gasteiger partial charge in [0.05, 0.1) is 24.1 Å². The van der Waals surface area contributed by atoms with Gasteiger partial charge in [-0.1, -0.05) is 38.1 Å². The third-order valence-electron chi connectivity index (χ3n) is 5.86. The zero-order valence-corrected chi connectivity index (χ0v) is 18.9. The molecule has 1 aromatic carbocycles. The number of allylic oxidation sites excluding steroid dienone is 1. The average molecular weight is 421 g/mol. The first kappa shape index (κ1) is 22.4. The lowest BCUT2D eigenvalue weighted by Gasteiger charge is -2.25. The summed E-state index contributed by atoms with van der Waals surface area (Å²) in [5.41, 5.74) is 9.99. The molecule has 0 spiro atoms. The number of fused-ring (bicyclic) bond motifs is 1. The normalized spacial score (nSPS) is 19.1. The molecular weight excluding hydrogens is 388 g/mol. The van der Waals surface area contributed by atoms with Crippen molar-refractivity contribution in [3.05, 3.63) is 57.4 Å². The van der Waals surface area contributed by atoms with E-state index in [0.717, 1.165) is 34.7 Å². The summed E-state index contributed by atoms with van der Waals surface area (Å²) in [6.45, 7) is 6.20. The first-order valence-electron chi connectivity index (χ1n) is 10.7. The minimum absolute atomic E-state index is 0.105. The summed E-state index contributed by atoms with van der Waals surface area (Å²) in [5.74, 6) is 1.40. The number of nitrogens with one attached hydrogen (secondary N) is 1. The Labute approximate surface area is 183 Å². The fourth-order valence-corrected chi connectivity index (χ4v) is 4.26. The maximum absolute atomic E-state index is 10.7. The molecule has 2 unspecified atom stereocenters. The van der Waals surface area contributed by atoms with E-state index >= 15 is 0 Å². The molecule has 164 valence electrons. The van der Waals surface area contributed by atoms with Crippen LogP contribution in [0.3, 0.4) is 0 Å². The molecule has 1 heterocycles. The molecule has 1 aliphatic carbocycles. The molecule has 1 aliphatic rings. The lowest BCUT2D eigenvalue weighted by molar-refractivity contribution is 0.404. The number of ether oxygens (including phenoxy) is 1. The highest BCUT2D eigenvalue weighted by Crippen LogP contribution is 2.37. The number of aromatic nitrogens is 1. The Morgan fingerprint density at radius 3 is 2.68 bits per heavy atom. The SMILES string of the molecule is CCc1ccc(OC)c(C2C=c3c(C(C)=N/C(C=NC)=C/N)c(O)[nH]c3=CC2CC)c1. The van der Waals surface area contributed by atoms with Crippen LogP contribution in [0.5, 0.6) is 11.6 Å². The second-order valence-electron chi connectivity index (χ2n) is 7.71. The van der Waals surface area contributed by atoms with Gasteiger partial charge in [-0.3, -0.25) is 4.99 Å². The van der Waals surface area contributed by atoms with Gasteiger partial charge in [0.2, 0.25) is 0 Å². The summed E-state index contributed by atoms with van der Waals surface area (Å²) in [4.78, 5) is 11.7. The highest BCUT2D eigenvalue weighted by molar-refractivity contribution is 6.03. The summed E-state index contributed by atoms with van der Waals surface area (Å²) in [7, 11) is 3.38. The largest absolute Gasteiger partial charge is 0.496 e. The van der Waals surface area contributed by atoms with E-state index in [4.69, 9.17) is 10.5 Å². The highest BCUT2D eigenvalue weighted by Gasteiger charge is 2.26. The molecule has 0 aliphatic heterocycles. The van der Waals surface area contributed by atoms with E-state index in [1.54, 1.807) is 20.4 Å². The van der Waals surface area contributed by atoms with Crippen LogP contribution >= 0.6 is 0 Å². The number of aromatic hydroxyl groups is 1. The predicted molar refractivity (Wildman–Crippen MR) is 128 cm³/mol. The van der Waals surface area contributed by atoms with Gasteiger partial charge in [-0.05, 0) is 37.3 Å². The Bertz CT molecular complexity index is 1150. The molecule has 0 amide bonds. The number of rotatable bonds is 7. The van der Waals surface area contributed by atoms with Crippen molar-refractivity contribution in [2.24, 2.45) is 21.6 Å². The standard InChI is InChI=1S/C25H32N4O2/c1-6-16-8-9-23(31-5)20(10-16)19-12-21-22(11-17(19)7-2)29-25(30)24(21)15(3)28-18(13-26)14-27-4/h8-14,17,19,29-30H,6-7,26H2,1-5H3/b18-13+,27-14?,28-15?. The van der Waals surface area contributed by atoms with E-state index < -0.39 is 0 Å². The zero-order chi connectivity index (χ0) is 22.5. The topological polar surface area (TPSA) is 96.0 Å². The number of nitrogens with zero attached hydrogens (tertiary/aromatic N) is 2. The molecule has 6 nitrogen and oxygen atoms in total. The fourth-order valence-electron chi connectivity index (χ4n) is 4.26. The molecular formula is C25H32N4O2. The molecule has 2 atom stereocenters. The van der Waals surface area contributed by atoms with E-state index in [0.29, 0.717) is 17.0 Å². The summed E-state index contributed by atoms with van der Waals surface area (Å²) >= 11 is 0. The summed E-state index contributed by atoms with van der Waals surface area (Å²) in [6, 6.07) is 6.40. The Kier molecular flexibility index (Phi) is 7.00. The van der Waals surface area contributed by atoms with Gasteiger partial charge in [-0.25, -0.2) is 4.99 Å². The summed E-state index contributed by atoms with van der Waals surface area (Å²) in [6.07, 6.45) is 9.36. The average Bonchev–Trinajstić information content (AvgIpc) is 3.11. The van der Waals surface area contributed by atoms with Crippen LogP contribution < -0.4 is 21.0 Å². The Hall–Kier alpha value is -3.28. The molecule has 31 heavy (non-hydrogen) atoms. The van der Waals surface area contributed by atoms with E-state index in [-0.39, 0.29) is 17.7 Å². The van der Waals surface area contributed by atoms with Crippen LogP contribution in [-0.4, -0.2) is 36.2 Å². The molecule has 0 fully saturated rings. The number of aromatic amines is 1. The van der Waals surface area contributed by atoms with E-state index in [2.05, 4.69) is 59.2 Å². The third-order valence-corrected chi connectivity index (χ3v) is 5.86. The van der Waals surface area contributed by atoms with Gasteiger partial charge in [0, 0.05) is 41.5 Å². The van der Waals surface area contributed by atoms with Gasteiger partial charge in [0.25, 0.3) is 0 Å². The fraction of sp³-hybridized carbons (Fsp3) is 0.360. The molecule has 1 aromatic heterocycles. The number of hydrogen-bond donors (Lipinski definition) is 3. The van der Waals surface area contributed by atoms with E-state index in [1.807, 2.05) is 6.92 Å². The number of H-pyrrole nitrogens is 1. The second-order valence-corrected chi connectivity index (χ2v) is 7.71. The van der Waals surface area contributed by atoms with Crippen molar-refractivity contribution in [1.82, 2.24) is 4.98 Å². The van der Waals surface area contributed by atoms with Gasteiger partial charge in [0.15, 0.2) is 5.88 Å². The van der Waals surface area contributed by atoms with Gasteiger partial charge in [-0.2, -0.15) is 0 Å². The van der Waals surface area contributed by atoms with Crippen LogP contribution in [0, 0.1) is 5.92 Å². The van der Waals surface area contributed by atoms with E-state index in [9.17, 15) is 5.11 Å². The summed E-state index contributed by atoms with van der Waals surface area (Å²) < 4.78 is 5.71. The van der Waals surface area contributed by atoms with E-state index in [1.165, 1.54) is 11.8 Å². The quantitative estimate of drug-likeness (QED) is 0.601. The predicted octanol–water partition coefficient (Wildman–Crippen LogP) is 2.99. The number of methoxy groups -OCH3 is 1. The molecule has 0 bridgehead atoms. The van der Waals surface area contributed by atoms with Crippen molar-refractivity contribution in [3.8, 4) is 11.6 Å². The lowest BCUT2D eigenvalue weighted by atomic mass is 9.80. The molecule has 0 saturated heterocycles. The minimum atomic E-state index is 0.105. The lowest BCUT2D eigenvalue weighted by Crippen LogP contribution is -2.33. The number of benzene rings is 1. The smallest absolute Gasteiger partial charge is 0.198 e. The van der Waals surface area contributed by atoms with Crippen molar-refractivity contribution in [2.75, 3.05) is 14.2 Å². The molecule has 2 aromatic rings. The maximum Gasteiger partial charge on any atom is 0.198 e. The zero-order valence-electron chi connectivity index (χ0n) is 18.9. The van der Waals surface area contributed by atoms with Crippen LogP contribution in [0.15, 0.2) is 40.1 Å². The molecule has 4 N–H and O–H groups in total. The van der Waals surface area contributed by atoms with Crippen molar-refractivity contribution < 1.29 is 9.84 Å².